The van der Waals surface area contributed by atoms with Crippen molar-refractivity contribution in [3.05, 3.63) is 12.2 Å². The molecule has 4 heteroatoms. The van der Waals surface area contributed by atoms with Gasteiger partial charge in [0, 0.05) is 19.2 Å². The Balaban J connectivity index is 2.11. The highest BCUT2D eigenvalue weighted by Gasteiger charge is 2.34. The first-order chi connectivity index (χ1) is 7.15. The molecule has 0 aromatic carbocycles. The van der Waals surface area contributed by atoms with Gasteiger partial charge in [-0.05, 0) is 19.8 Å². The first-order valence-corrected chi connectivity index (χ1v) is 6.33. The third-order valence-corrected chi connectivity index (χ3v) is 3.22. The quantitative estimate of drug-likeness (QED) is 0.396. The minimum absolute atomic E-state index is 0.172. The van der Waals surface area contributed by atoms with E-state index in [2.05, 4.69) is 0 Å². The summed E-state index contributed by atoms with van der Waals surface area (Å²) in [6.45, 7) is 2.46. The van der Waals surface area contributed by atoms with Crippen LogP contribution in [-0.4, -0.2) is 28.8 Å². The molecule has 1 saturated heterocycles. The summed E-state index contributed by atoms with van der Waals surface area (Å²) in [6, 6.07) is 0. The Morgan fingerprint density at radius 1 is 1.60 bits per heavy atom. The summed E-state index contributed by atoms with van der Waals surface area (Å²) in [7, 11) is 0. The van der Waals surface area contributed by atoms with Crippen LogP contribution in [0.4, 0.5) is 0 Å². The van der Waals surface area contributed by atoms with Crippen LogP contribution in [0.2, 0.25) is 0 Å². The van der Waals surface area contributed by atoms with Crippen LogP contribution in [0.15, 0.2) is 12.2 Å². The van der Waals surface area contributed by atoms with Gasteiger partial charge in [0.15, 0.2) is 0 Å². The fourth-order valence-electron chi connectivity index (χ4n) is 1.46. The first-order valence-electron chi connectivity index (χ1n) is 5.15. The minimum atomic E-state index is 0.172. The molecule has 0 unspecified atom stereocenters. The fraction of sp³-hybridized carbons (Fsp3) is 0.636. The van der Waals surface area contributed by atoms with Crippen molar-refractivity contribution < 1.29 is 9.59 Å². The van der Waals surface area contributed by atoms with E-state index >= 15 is 0 Å². The number of ketones is 1. The van der Waals surface area contributed by atoms with Gasteiger partial charge in [-0.1, -0.05) is 24.1 Å². The molecule has 0 bridgehead atoms. The van der Waals surface area contributed by atoms with Crippen LogP contribution in [0.1, 0.15) is 26.2 Å². The molecule has 0 radical (unpaired) electrons. The summed E-state index contributed by atoms with van der Waals surface area (Å²) in [4.78, 5) is 22.0. The third kappa shape index (κ3) is 3.70. The molecule has 0 N–H and O–H groups in total. The predicted octanol–water partition coefficient (Wildman–Crippen LogP) is 2.04. The summed E-state index contributed by atoms with van der Waals surface area (Å²) < 4.78 is 1.77. The monoisotopic (exact) mass is 227 g/mol. The Bertz CT molecular complexity index is 276. The fourth-order valence-corrected chi connectivity index (χ4v) is 2.12. The zero-order chi connectivity index (χ0) is 11.3. The SMILES string of the molecule is CSN1C[C@H](C/C=C\CCC(C)=O)C1=O. The second-order valence-electron chi connectivity index (χ2n) is 3.73. The average Bonchev–Trinajstić information content (AvgIpc) is 2.20. The highest BCUT2D eigenvalue weighted by atomic mass is 32.2. The van der Waals surface area contributed by atoms with Crippen LogP contribution >= 0.6 is 11.9 Å². The molecule has 1 aliphatic rings. The van der Waals surface area contributed by atoms with Gasteiger partial charge in [0.05, 0.1) is 5.92 Å². The molecule has 1 rings (SSSR count). The number of amides is 1. The molecule has 1 fully saturated rings. The van der Waals surface area contributed by atoms with Crippen LogP contribution in [0.25, 0.3) is 0 Å². The molecule has 0 spiro atoms. The largest absolute Gasteiger partial charge is 0.300 e. The molecule has 1 heterocycles. The lowest BCUT2D eigenvalue weighted by Gasteiger charge is -2.35. The van der Waals surface area contributed by atoms with Crippen LogP contribution in [-0.2, 0) is 9.59 Å². The van der Waals surface area contributed by atoms with Crippen molar-refractivity contribution in [2.75, 3.05) is 12.8 Å². The van der Waals surface area contributed by atoms with Gasteiger partial charge in [-0.15, -0.1) is 0 Å². The molecule has 0 saturated carbocycles. The van der Waals surface area contributed by atoms with Crippen LogP contribution < -0.4 is 0 Å². The molecule has 0 aromatic rings. The first kappa shape index (κ1) is 12.3. The van der Waals surface area contributed by atoms with Crippen molar-refractivity contribution in [2.24, 2.45) is 5.92 Å². The van der Waals surface area contributed by atoms with Gasteiger partial charge in [-0.25, -0.2) is 0 Å². The maximum atomic E-state index is 11.4. The standard InChI is InChI=1S/C11H17NO2S/c1-9(13)6-4-3-5-7-10-8-12(15-2)11(10)14/h3,5,10H,4,6-8H2,1-2H3/b5-3-/t10-/m0/s1. The minimum Gasteiger partial charge on any atom is -0.300 e. The van der Waals surface area contributed by atoms with Gasteiger partial charge >= 0.3 is 0 Å². The summed E-state index contributed by atoms with van der Waals surface area (Å²) in [5.41, 5.74) is 0. The van der Waals surface area contributed by atoms with Gasteiger partial charge in [-0.3, -0.25) is 9.10 Å². The van der Waals surface area contributed by atoms with Crippen molar-refractivity contribution in [2.45, 2.75) is 26.2 Å². The molecule has 3 nitrogen and oxygen atoms in total. The number of hydrogen-bond donors (Lipinski definition) is 0. The van der Waals surface area contributed by atoms with Crippen molar-refractivity contribution in [3.63, 3.8) is 0 Å². The summed E-state index contributed by atoms with van der Waals surface area (Å²) in [5, 5.41) is 0. The van der Waals surface area contributed by atoms with Crippen molar-refractivity contribution in [1.82, 2.24) is 4.31 Å². The van der Waals surface area contributed by atoms with Crippen LogP contribution in [0, 0.1) is 5.92 Å². The number of Topliss-reactive ketones (excluding diaryl/α,β-unsaturated/α-hetero) is 1. The maximum absolute atomic E-state index is 11.4. The highest BCUT2D eigenvalue weighted by Crippen LogP contribution is 2.26. The molecule has 15 heavy (non-hydrogen) atoms. The van der Waals surface area contributed by atoms with Gasteiger partial charge < -0.3 is 4.79 Å². The number of rotatable bonds is 6. The molecule has 1 aliphatic heterocycles. The van der Waals surface area contributed by atoms with E-state index in [1.54, 1.807) is 11.2 Å². The normalized spacial score (nSPS) is 20.8. The average molecular weight is 227 g/mol. The van der Waals surface area contributed by atoms with E-state index in [9.17, 15) is 9.59 Å². The maximum Gasteiger partial charge on any atom is 0.237 e. The number of carbonyl (C=O) groups is 2. The zero-order valence-electron chi connectivity index (χ0n) is 9.23. The lowest BCUT2D eigenvalue weighted by atomic mass is 9.97. The Kier molecular flexibility index (Phi) is 4.88. The van der Waals surface area contributed by atoms with Crippen molar-refractivity contribution in [1.29, 1.82) is 0 Å². The summed E-state index contributed by atoms with van der Waals surface area (Å²) in [6.07, 6.45) is 8.14. The van der Waals surface area contributed by atoms with Gasteiger partial charge in [0.2, 0.25) is 5.91 Å². The number of β-lactam (4-membered cyclic amide) rings is 1. The predicted molar refractivity (Wildman–Crippen MR) is 62.4 cm³/mol. The Hall–Kier alpha value is -0.770. The topological polar surface area (TPSA) is 37.4 Å². The van der Waals surface area contributed by atoms with E-state index in [0.717, 1.165) is 19.4 Å². The molecule has 1 atom stereocenters. The molecular formula is C11H17NO2S. The van der Waals surface area contributed by atoms with Gasteiger partial charge in [0.1, 0.15) is 5.78 Å². The van der Waals surface area contributed by atoms with E-state index in [1.165, 1.54) is 11.9 Å². The lowest BCUT2D eigenvalue weighted by Crippen LogP contribution is -2.47. The van der Waals surface area contributed by atoms with Crippen molar-refractivity contribution >= 4 is 23.6 Å². The Morgan fingerprint density at radius 2 is 2.33 bits per heavy atom. The highest BCUT2D eigenvalue weighted by molar-refractivity contribution is 7.96. The number of hydrogen-bond acceptors (Lipinski definition) is 3. The molecule has 1 amide bonds. The summed E-state index contributed by atoms with van der Waals surface area (Å²) in [5.74, 6) is 0.623. The van der Waals surface area contributed by atoms with E-state index in [4.69, 9.17) is 0 Å². The number of nitrogens with zero attached hydrogens (tertiary/aromatic N) is 1. The van der Waals surface area contributed by atoms with E-state index < -0.39 is 0 Å². The molecule has 84 valence electrons. The molecule has 0 aromatic heterocycles. The van der Waals surface area contributed by atoms with E-state index in [-0.39, 0.29) is 17.6 Å². The third-order valence-electron chi connectivity index (χ3n) is 2.45. The van der Waals surface area contributed by atoms with Crippen molar-refractivity contribution in [3.8, 4) is 0 Å². The summed E-state index contributed by atoms with van der Waals surface area (Å²) >= 11 is 1.49. The smallest absolute Gasteiger partial charge is 0.237 e. The zero-order valence-corrected chi connectivity index (χ0v) is 10.0. The lowest BCUT2D eigenvalue weighted by molar-refractivity contribution is -0.139. The van der Waals surface area contributed by atoms with Crippen LogP contribution in [0.5, 0.6) is 0 Å². The number of allylic oxidation sites excluding steroid dienone is 2. The second kappa shape index (κ2) is 5.95. The Labute approximate surface area is 95.0 Å². The van der Waals surface area contributed by atoms with E-state index in [0.29, 0.717) is 6.42 Å². The molecular weight excluding hydrogens is 210 g/mol. The van der Waals surface area contributed by atoms with Gasteiger partial charge in [0.25, 0.3) is 0 Å². The van der Waals surface area contributed by atoms with Gasteiger partial charge in [-0.2, -0.15) is 0 Å². The number of carbonyl (C=O) groups excluding carboxylic acids is 2. The van der Waals surface area contributed by atoms with E-state index in [1.807, 2.05) is 18.4 Å². The Morgan fingerprint density at radius 3 is 2.87 bits per heavy atom. The molecule has 0 aliphatic carbocycles. The second-order valence-corrected chi connectivity index (χ2v) is 4.53. The van der Waals surface area contributed by atoms with Crippen LogP contribution in [0.3, 0.4) is 0 Å².